The van der Waals surface area contributed by atoms with Gasteiger partial charge in [-0.05, 0) is 62.3 Å². The third-order valence-electron chi connectivity index (χ3n) is 5.32. The number of fused-ring (bicyclic) bond motifs is 1. The van der Waals surface area contributed by atoms with Crippen molar-refractivity contribution in [3.63, 3.8) is 0 Å². The lowest BCUT2D eigenvalue weighted by Crippen LogP contribution is -2.44. The first-order valence-corrected chi connectivity index (χ1v) is 9.80. The Morgan fingerprint density at radius 2 is 1.70 bits per heavy atom. The van der Waals surface area contributed by atoms with Crippen molar-refractivity contribution < 1.29 is 0 Å². The molecule has 27 heavy (non-hydrogen) atoms. The maximum atomic E-state index is 5.86. The van der Waals surface area contributed by atoms with Gasteiger partial charge in [-0.1, -0.05) is 47.5 Å². The van der Waals surface area contributed by atoms with Crippen LogP contribution in [0.25, 0.3) is 0 Å². The smallest absolute Gasteiger partial charge is 0.174 e. The predicted molar refractivity (Wildman–Crippen MR) is 116 cm³/mol. The third-order valence-corrected chi connectivity index (χ3v) is 5.65. The largest absolute Gasteiger partial charge is 0.348 e. The summed E-state index contributed by atoms with van der Waals surface area (Å²) in [6.45, 7) is 8.19. The summed E-state index contributed by atoms with van der Waals surface area (Å²) in [4.78, 5) is 2.31. The molecule has 0 fully saturated rings. The van der Waals surface area contributed by atoms with E-state index in [0.717, 1.165) is 23.9 Å². The van der Waals surface area contributed by atoms with E-state index in [1.807, 2.05) is 0 Å². The Morgan fingerprint density at radius 3 is 2.44 bits per heavy atom. The molecule has 0 aliphatic carbocycles. The number of aromatic nitrogens is 1. The standard InChI is InChI=1S/C23H25N3S/c1-16-6-9-19(10-7-16)22-21-5-4-12-25(21)13-14-26(22)23(27)24-20-11-8-17(2)15-18(20)3/h4-12,15,22H,13-14H2,1-3H3,(H,24,27)/t22-/m0/s1. The topological polar surface area (TPSA) is 20.2 Å². The van der Waals surface area contributed by atoms with E-state index in [4.69, 9.17) is 12.2 Å². The highest BCUT2D eigenvalue weighted by molar-refractivity contribution is 7.80. The Balaban J connectivity index is 1.67. The first kappa shape index (κ1) is 17.8. The molecular formula is C23H25N3S. The molecule has 1 aromatic heterocycles. The average molecular weight is 376 g/mol. The molecule has 2 aromatic carbocycles. The molecule has 2 heterocycles. The molecule has 1 aliphatic heterocycles. The van der Waals surface area contributed by atoms with Gasteiger partial charge in [-0.25, -0.2) is 0 Å². The van der Waals surface area contributed by atoms with E-state index in [1.54, 1.807) is 0 Å². The van der Waals surface area contributed by atoms with Crippen molar-refractivity contribution in [2.45, 2.75) is 33.4 Å². The molecule has 1 N–H and O–H groups in total. The summed E-state index contributed by atoms with van der Waals surface area (Å²) in [7, 11) is 0. The van der Waals surface area contributed by atoms with Gasteiger partial charge in [-0.3, -0.25) is 0 Å². The van der Waals surface area contributed by atoms with Crippen LogP contribution in [-0.2, 0) is 6.54 Å². The van der Waals surface area contributed by atoms with Crippen LogP contribution in [0.3, 0.4) is 0 Å². The number of hydrogen-bond acceptors (Lipinski definition) is 1. The van der Waals surface area contributed by atoms with Gasteiger partial charge in [0, 0.05) is 30.7 Å². The highest BCUT2D eigenvalue weighted by Gasteiger charge is 2.30. The van der Waals surface area contributed by atoms with Gasteiger partial charge >= 0.3 is 0 Å². The molecule has 0 spiro atoms. The number of hydrogen-bond donors (Lipinski definition) is 1. The summed E-state index contributed by atoms with van der Waals surface area (Å²) in [6, 6.07) is 19.7. The SMILES string of the molecule is Cc1ccc([C@H]2c3cccn3CCN2C(=S)Nc2ccc(C)cc2C)cc1. The van der Waals surface area contributed by atoms with E-state index in [-0.39, 0.29) is 6.04 Å². The molecule has 0 amide bonds. The van der Waals surface area contributed by atoms with Crippen LogP contribution in [-0.4, -0.2) is 21.1 Å². The first-order valence-electron chi connectivity index (χ1n) is 9.39. The molecule has 0 bridgehead atoms. The molecule has 3 aromatic rings. The number of nitrogens with zero attached hydrogens (tertiary/aromatic N) is 2. The van der Waals surface area contributed by atoms with Crippen LogP contribution in [0.2, 0.25) is 0 Å². The van der Waals surface area contributed by atoms with Gasteiger partial charge in [-0.2, -0.15) is 0 Å². The van der Waals surface area contributed by atoms with Crippen LogP contribution >= 0.6 is 12.2 Å². The Labute approximate surface area is 166 Å². The fourth-order valence-corrected chi connectivity index (χ4v) is 4.15. The van der Waals surface area contributed by atoms with Gasteiger partial charge in [0.2, 0.25) is 0 Å². The summed E-state index contributed by atoms with van der Waals surface area (Å²) in [6.07, 6.45) is 2.16. The van der Waals surface area contributed by atoms with E-state index >= 15 is 0 Å². The van der Waals surface area contributed by atoms with Crippen molar-refractivity contribution in [3.05, 3.63) is 88.7 Å². The molecule has 0 radical (unpaired) electrons. The zero-order valence-electron chi connectivity index (χ0n) is 16.1. The van der Waals surface area contributed by atoms with Gasteiger partial charge in [0.1, 0.15) is 0 Å². The molecule has 3 nitrogen and oxygen atoms in total. The van der Waals surface area contributed by atoms with E-state index < -0.39 is 0 Å². The molecule has 4 rings (SSSR count). The molecule has 0 saturated heterocycles. The number of aryl methyl sites for hydroxylation is 3. The van der Waals surface area contributed by atoms with Crippen molar-refractivity contribution in [2.75, 3.05) is 11.9 Å². The molecule has 4 heteroatoms. The van der Waals surface area contributed by atoms with Gasteiger partial charge < -0.3 is 14.8 Å². The molecular weight excluding hydrogens is 350 g/mol. The quantitative estimate of drug-likeness (QED) is 0.621. The van der Waals surface area contributed by atoms with Gasteiger partial charge in [-0.15, -0.1) is 0 Å². The lowest BCUT2D eigenvalue weighted by molar-refractivity contribution is 0.293. The van der Waals surface area contributed by atoms with Crippen LogP contribution in [0, 0.1) is 20.8 Å². The van der Waals surface area contributed by atoms with Gasteiger partial charge in [0.15, 0.2) is 5.11 Å². The lowest BCUT2D eigenvalue weighted by atomic mass is 9.99. The van der Waals surface area contributed by atoms with E-state index in [1.165, 1.54) is 27.9 Å². The van der Waals surface area contributed by atoms with Crippen LogP contribution in [0.4, 0.5) is 5.69 Å². The second kappa shape index (κ2) is 7.20. The average Bonchev–Trinajstić information content (AvgIpc) is 3.13. The first-order chi connectivity index (χ1) is 13.0. The Hall–Kier alpha value is -2.59. The monoisotopic (exact) mass is 375 g/mol. The van der Waals surface area contributed by atoms with Crippen LogP contribution in [0.1, 0.15) is 34.0 Å². The summed E-state index contributed by atoms with van der Waals surface area (Å²) in [5.74, 6) is 0. The minimum atomic E-state index is 0.125. The number of benzene rings is 2. The van der Waals surface area contributed by atoms with Crippen molar-refractivity contribution in [2.24, 2.45) is 0 Å². The predicted octanol–water partition coefficient (Wildman–Crippen LogP) is 5.22. The third kappa shape index (κ3) is 3.50. The van der Waals surface area contributed by atoms with Crippen molar-refractivity contribution in [1.29, 1.82) is 0 Å². The number of anilines is 1. The maximum absolute atomic E-state index is 5.86. The highest BCUT2D eigenvalue weighted by atomic mass is 32.1. The zero-order valence-corrected chi connectivity index (χ0v) is 16.9. The lowest BCUT2D eigenvalue weighted by Gasteiger charge is -2.39. The Morgan fingerprint density at radius 1 is 0.963 bits per heavy atom. The molecule has 0 unspecified atom stereocenters. The molecule has 1 atom stereocenters. The maximum Gasteiger partial charge on any atom is 0.174 e. The summed E-state index contributed by atoms with van der Waals surface area (Å²) in [5.41, 5.74) is 7.38. The normalized spacial score (nSPS) is 16.1. The summed E-state index contributed by atoms with van der Waals surface area (Å²) in [5, 5.41) is 4.27. The molecule has 138 valence electrons. The number of nitrogens with one attached hydrogen (secondary N) is 1. The Bertz CT molecular complexity index is 972. The fraction of sp³-hybridized carbons (Fsp3) is 0.261. The number of rotatable bonds is 2. The summed E-state index contributed by atoms with van der Waals surface area (Å²) < 4.78 is 2.33. The van der Waals surface area contributed by atoms with Gasteiger partial charge in [0.25, 0.3) is 0 Å². The zero-order chi connectivity index (χ0) is 19.0. The van der Waals surface area contributed by atoms with Crippen molar-refractivity contribution in [1.82, 2.24) is 9.47 Å². The van der Waals surface area contributed by atoms with E-state index in [9.17, 15) is 0 Å². The Kier molecular flexibility index (Phi) is 4.75. The summed E-state index contributed by atoms with van der Waals surface area (Å²) >= 11 is 5.86. The van der Waals surface area contributed by atoms with E-state index in [0.29, 0.717) is 0 Å². The minimum absolute atomic E-state index is 0.125. The number of thiocarbonyl (C=S) groups is 1. The molecule has 1 aliphatic rings. The second-order valence-corrected chi connectivity index (χ2v) is 7.77. The minimum Gasteiger partial charge on any atom is -0.348 e. The van der Waals surface area contributed by atoms with Crippen molar-refractivity contribution >= 4 is 23.0 Å². The van der Waals surface area contributed by atoms with Crippen LogP contribution in [0.15, 0.2) is 60.8 Å². The van der Waals surface area contributed by atoms with E-state index in [2.05, 4.69) is 96.3 Å². The second-order valence-electron chi connectivity index (χ2n) is 7.38. The van der Waals surface area contributed by atoms with Crippen molar-refractivity contribution in [3.8, 4) is 0 Å². The highest BCUT2D eigenvalue weighted by Crippen LogP contribution is 2.33. The van der Waals surface area contributed by atoms with Crippen LogP contribution < -0.4 is 5.32 Å². The molecule has 0 saturated carbocycles. The van der Waals surface area contributed by atoms with Gasteiger partial charge in [0.05, 0.1) is 6.04 Å². The fourth-order valence-electron chi connectivity index (χ4n) is 3.84. The van der Waals surface area contributed by atoms with Crippen LogP contribution in [0.5, 0.6) is 0 Å².